The van der Waals surface area contributed by atoms with Crippen molar-refractivity contribution in [3.63, 3.8) is 0 Å². The van der Waals surface area contributed by atoms with E-state index in [4.69, 9.17) is 0 Å². The van der Waals surface area contributed by atoms with Gasteiger partial charge in [0.15, 0.2) is 6.04 Å². The molecule has 2 fully saturated rings. The fourth-order valence-electron chi connectivity index (χ4n) is 4.53. The molecule has 1 aromatic rings. The van der Waals surface area contributed by atoms with Gasteiger partial charge in [-0.3, -0.25) is 4.79 Å². The molecule has 2 saturated carbocycles. The second kappa shape index (κ2) is 6.01. The first-order valence-corrected chi connectivity index (χ1v) is 9.09. The van der Waals surface area contributed by atoms with E-state index in [1.807, 2.05) is 0 Å². The summed E-state index contributed by atoms with van der Waals surface area (Å²) in [5.74, 6) is -1.06. The first-order valence-electron chi connectivity index (χ1n) is 9.09. The van der Waals surface area contributed by atoms with Crippen LogP contribution in [0.3, 0.4) is 0 Å². The van der Waals surface area contributed by atoms with Crippen LogP contribution in [0.2, 0.25) is 0 Å². The molecule has 1 aliphatic heterocycles. The zero-order valence-electron chi connectivity index (χ0n) is 13.7. The minimum absolute atomic E-state index is 0.235. The molecule has 0 radical (unpaired) electrons. The Morgan fingerprint density at radius 2 is 1.92 bits per heavy atom. The van der Waals surface area contributed by atoms with Crippen LogP contribution < -0.4 is 10.6 Å². The highest BCUT2D eigenvalue weighted by molar-refractivity contribution is 6.03. The van der Waals surface area contributed by atoms with Gasteiger partial charge in [-0.1, -0.05) is 25.0 Å². The van der Waals surface area contributed by atoms with Gasteiger partial charge in [-0.05, 0) is 55.6 Å². The number of carbonyl (C=O) groups excluding carboxylic acids is 1. The zero-order valence-corrected chi connectivity index (χ0v) is 13.7. The highest BCUT2D eigenvalue weighted by atomic mass is 19.3. The first kappa shape index (κ1) is 15.9. The Bertz CT molecular complexity index is 634. The molecular formula is C19H24F2N2O. The van der Waals surface area contributed by atoms with Crippen LogP contribution in [-0.4, -0.2) is 17.9 Å². The van der Waals surface area contributed by atoms with E-state index < -0.39 is 17.9 Å². The number of rotatable bonds is 6. The summed E-state index contributed by atoms with van der Waals surface area (Å²) < 4.78 is 29.0. The Hall–Kier alpha value is -1.65. The van der Waals surface area contributed by atoms with E-state index in [1.165, 1.54) is 19.3 Å². The summed E-state index contributed by atoms with van der Waals surface area (Å²) in [6.45, 7) is 0. The minimum Gasteiger partial charge on any atom is -0.367 e. The topological polar surface area (TPSA) is 41.1 Å². The number of hydrogen-bond acceptors (Lipinski definition) is 2. The Kier molecular flexibility index (Phi) is 3.97. The van der Waals surface area contributed by atoms with Gasteiger partial charge in [-0.2, -0.15) is 0 Å². The van der Waals surface area contributed by atoms with Gasteiger partial charge in [-0.25, -0.2) is 8.78 Å². The van der Waals surface area contributed by atoms with Crippen LogP contribution >= 0.6 is 0 Å². The van der Waals surface area contributed by atoms with Crippen LogP contribution in [0.5, 0.6) is 0 Å². The van der Waals surface area contributed by atoms with Crippen LogP contribution in [0.25, 0.3) is 0 Å². The lowest BCUT2D eigenvalue weighted by atomic mass is 9.94. The molecule has 4 atom stereocenters. The number of anilines is 2. The third kappa shape index (κ3) is 3.01. The van der Waals surface area contributed by atoms with E-state index in [0.29, 0.717) is 17.8 Å². The quantitative estimate of drug-likeness (QED) is 0.743. The average Bonchev–Trinajstić information content (AvgIpc) is 3.24. The maximum atomic E-state index is 14.5. The lowest BCUT2D eigenvalue weighted by Crippen LogP contribution is -2.50. The monoisotopic (exact) mass is 334 g/mol. The molecule has 0 aromatic heterocycles. The highest BCUT2D eigenvalue weighted by Crippen LogP contribution is 2.56. The molecule has 0 saturated heterocycles. The van der Waals surface area contributed by atoms with Crippen molar-refractivity contribution in [2.24, 2.45) is 17.8 Å². The SMILES string of the molecule is O=C1Nc2ccccc2NC1C(F)(F)CCCC[C@H]1CCC2CC21. The number of alkyl halides is 2. The first-order chi connectivity index (χ1) is 11.5. The van der Waals surface area contributed by atoms with Gasteiger partial charge in [0.2, 0.25) is 0 Å². The molecule has 0 spiro atoms. The summed E-state index contributed by atoms with van der Waals surface area (Å²) in [4.78, 5) is 12.0. The molecule has 2 N–H and O–H groups in total. The number of nitrogens with one attached hydrogen (secondary N) is 2. The fraction of sp³-hybridized carbons (Fsp3) is 0.632. The van der Waals surface area contributed by atoms with Gasteiger partial charge in [0.05, 0.1) is 11.4 Å². The van der Waals surface area contributed by atoms with Gasteiger partial charge >= 0.3 is 0 Å². The van der Waals surface area contributed by atoms with Crippen LogP contribution in [0.15, 0.2) is 24.3 Å². The number of halogens is 2. The van der Waals surface area contributed by atoms with Crippen molar-refractivity contribution in [3.05, 3.63) is 24.3 Å². The van der Waals surface area contributed by atoms with Crippen LogP contribution in [0.1, 0.15) is 44.9 Å². The van der Waals surface area contributed by atoms with Crippen LogP contribution in [0.4, 0.5) is 20.2 Å². The van der Waals surface area contributed by atoms with Crippen molar-refractivity contribution in [2.45, 2.75) is 56.9 Å². The molecule has 24 heavy (non-hydrogen) atoms. The molecule has 1 amide bonds. The van der Waals surface area contributed by atoms with E-state index >= 15 is 0 Å². The number of fused-ring (bicyclic) bond motifs is 2. The number of benzene rings is 1. The molecule has 130 valence electrons. The number of hydrogen-bond donors (Lipinski definition) is 2. The number of unbranched alkanes of at least 4 members (excludes halogenated alkanes) is 1. The second-order valence-corrected chi connectivity index (χ2v) is 7.62. The Morgan fingerprint density at radius 1 is 1.12 bits per heavy atom. The predicted octanol–water partition coefficient (Wildman–Crippen LogP) is 4.66. The Balaban J connectivity index is 1.30. The van der Waals surface area contributed by atoms with Gasteiger partial charge in [0.1, 0.15) is 0 Å². The molecule has 1 aromatic carbocycles. The van der Waals surface area contributed by atoms with Crippen molar-refractivity contribution in [2.75, 3.05) is 10.6 Å². The average molecular weight is 334 g/mol. The summed E-state index contributed by atoms with van der Waals surface area (Å²) >= 11 is 0. The normalized spacial score (nSPS) is 31.0. The molecule has 3 aliphatic rings. The standard InChI is InChI=1S/C19H24F2N2O/c20-19(21,10-4-3-5-12-8-9-13-11-14(12)13)17-18(24)23-16-7-2-1-6-15(16)22-17/h1-2,6-7,12-14,17,22H,3-5,8-11H2,(H,23,24)/t12-,13?,14?,17?/m0/s1. The van der Waals surface area contributed by atoms with Crippen molar-refractivity contribution in [1.29, 1.82) is 0 Å². The summed E-state index contributed by atoms with van der Waals surface area (Å²) in [6, 6.07) is 5.48. The second-order valence-electron chi connectivity index (χ2n) is 7.62. The van der Waals surface area contributed by atoms with Crippen molar-refractivity contribution in [3.8, 4) is 0 Å². The van der Waals surface area contributed by atoms with E-state index in [1.54, 1.807) is 24.3 Å². The van der Waals surface area contributed by atoms with Crippen LogP contribution in [0, 0.1) is 17.8 Å². The summed E-state index contributed by atoms with van der Waals surface area (Å²) in [6.07, 6.45) is 6.16. The van der Waals surface area contributed by atoms with E-state index in [2.05, 4.69) is 10.6 Å². The molecule has 5 heteroatoms. The summed E-state index contributed by atoms with van der Waals surface area (Å²) in [7, 11) is 0. The van der Waals surface area contributed by atoms with Gasteiger partial charge in [0, 0.05) is 6.42 Å². The third-order valence-electron chi connectivity index (χ3n) is 6.00. The Morgan fingerprint density at radius 3 is 2.62 bits per heavy atom. The van der Waals surface area contributed by atoms with Crippen molar-refractivity contribution >= 4 is 17.3 Å². The number of amides is 1. The van der Waals surface area contributed by atoms with E-state index in [0.717, 1.165) is 30.6 Å². The van der Waals surface area contributed by atoms with E-state index in [-0.39, 0.29) is 6.42 Å². The lowest BCUT2D eigenvalue weighted by molar-refractivity contribution is -0.126. The highest BCUT2D eigenvalue weighted by Gasteiger charge is 2.48. The third-order valence-corrected chi connectivity index (χ3v) is 6.00. The largest absolute Gasteiger partial charge is 0.367 e. The van der Waals surface area contributed by atoms with Gasteiger partial charge in [-0.15, -0.1) is 0 Å². The minimum atomic E-state index is -3.03. The molecule has 2 aliphatic carbocycles. The maximum absolute atomic E-state index is 14.5. The van der Waals surface area contributed by atoms with Gasteiger partial charge < -0.3 is 10.6 Å². The van der Waals surface area contributed by atoms with Gasteiger partial charge in [0.25, 0.3) is 11.8 Å². The number of carbonyl (C=O) groups is 1. The lowest BCUT2D eigenvalue weighted by Gasteiger charge is -2.32. The maximum Gasteiger partial charge on any atom is 0.276 e. The predicted molar refractivity (Wildman–Crippen MR) is 90.2 cm³/mol. The Labute approximate surface area is 141 Å². The van der Waals surface area contributed by atoms with Crippen LogP contribution in [-0.2, 0) is 4.79 Å². The molecule has 4 rings (SSSR count). The smallest absolute Gasteiger partial charge is 0.276 e. The zero-order chi connectivity index (χ0) is 16.7. The summed E-state index contributed by atoms with van der Waals surface area (Å²) in [5.41, 5.74) is 1.13. The molecular weight excluding hydrogens is 310 g/mol. The molecule has 1 heterocycles. The number of para-hydroxylation sites is 2. The van der Waals surface area contributed by atoms with E-state index in [9.17, 15) is 13.6 Å². The molecule has 3 unspecified atom stereocenters. The molecule has 0 bridgehead atoms. The fourth-order valence-corrected chi connectivity index (χ4v) is 4.53. The van der Waals surface area contributed by atoms with Crippen molar-refractivity contribution < 1.29 is 13.6 Å². The van der Waals surface area contributed by atoms with Crippen molar-refractivity contribution in [1.82, 2.24) is 0 Å². The summed E-state index contributed by atoms with van der Waals surface area (Å²) in [5, 5.41) is 5.30. The molecule has 3 nitrogen and oxygen atoms in total.